The molecule has 0 bridgehead atoms. The maximum atomic E-state index is 11.4. The molecule has 6 heteroatoms. The van der Waals surface area contributed by atoms with Crippen molar-refractivity contribution in [1.29, 1.82) is 0 Å². The van der Waals surface area contributed by atoms with E-state index in [-0.39, 0.29) is 12.3 Å². The molecule has 0 saturated carbocycles. The smallest absolute Gasteiger partial charge is 0.305 e. The molecule has 1 atom stereocenters. The monoisotopic (exact) mass is 265 g/mol. The zero-order chi connectivity index (χ0) is 13.0. The molecule has 0 spiro atoms. The van der Waals surface area contributed by atoms with Crippen molar-refractivity contribution in [3.8, 4) is 0 Å². The van der Waals surface area contributed by atoms with Gasteiger partial charge in [-0.2, -0.15) is 0 Å². The number of thioether (sulfide) groups is 1. The third-order valence-corrected chi connectivity index (χ3v) is 3.38. The largest absolute Gasteiger partial charge is 0.481 e. The van der Waals surface area contributed by atoms with E-state index in [2.05, 4.69) is 5.32 Å². The van der Waals surface area contributed by atoms with Gasteiger partial charge >= 0.3 is 5.97 Å². The summed E-state index contributed by atoms with van der Waals surface area (Å²) in [5.74, 6) is -0.529. The number of carbonyl (C=O) groups excluding carboxylic acids is 1. The summed E-state index contributed by atoms with van der Waals surface area (Å²) in [4.78, 5) is 22.0. The summed E-state index contributed by atoms with van der Waals surface area (Å²) in [6.07, 6.45) is 6.61. The Hall–Kier alpha value is -1.95. The van der Waals surface area contributed by atoms with Crippen molar-refractivity contribution >= 4 is 29.7 Å². The predicted octanol–water partition coefficient (Wildman–Crippen LogP) is 1.84. The van der Waals surface area contributed by atoms with Gasteiger partial charge in [-0.3, -0.25) is 9.59 Å². The number of carboxylic acids is 1. The normalized spacial score (nSPS) is 21.7. The number of hydrogen-bond donors (Lipinski definition) is 2. The lowest BCUT2D eigenvalue weighted by Crippen LogP contribution is -2.24. The van der Waals surface area contributed by atoms with E-state index in [1.807, 2.05) is 6.07 Å². The molecule has 0 aromatic carbocycles. The minimum absolute atomic E-state index is 0.171. The minimum atomic E-state index is -0.977. The number of hydrogen-bond acceptors (Lipinski definition) is 4. The highest BCUT2D eigenvalue weighted by molar-refractivity contribution is 8.04. The van der Waals surface area contributed by atoms with Crippen LogP contribution in [-0.2, 0) is 9.59 Å². The van der Waals surface area contributed by atoms with Gasteiger partial charge in [0, 0.05) is 0 Å². The predicted molar refractivity (Wildman–Crippen MR) is 67.6 cm³/mol. The third kappa shape index (κ3) is 3.27. The Morgan fingerprint density at radius 3 is 3.11 bits per heavy atom. The minimum Gasteiger partial charge on any atom is -0.481 e. The Morgan fingerprint density at radius 2 is 2.44 bits per heavy atom. The van der Waals surface area contributed by atoms with Gasteiger partial charge in [-0.15, -0.1) is 0 Å². The Kier molecular flexibility index (Phi) is 3.88. The van der Waals surface area contributed by atoms with E-state index in [1.54, 1.807) is 30.6 Å². The van der Waals surface area contributed by atoms with Crippen LogP contribution in [0.2, 0.25) is 0 Å². The van der Waals surface area contributed by atoms with Crippen LogP contribution in [0.4, 0.5) is 0 Å². The molecule has 1 amide bonds. The van der Waals surface area contributed by atoms with Gasteiger partial charge in [0.25, 0.3) is 0 Å². The average Bonchev–Trinajstić information content (AvgIpc) is 2.90. The van der Waals surface area contributed by atoms with Gasteiger partial charge in [0.15, 0.2) is 0 Å². The topological polar surface area (TPSA) is 79.5 Å². The lowest BCUT2D eigenvalue weighted by atomic mass is 10.3. The van der Waals surface area contributed by atoms with Crippen LogP contribution < -0.4 is 5.32 Å². The quantitative estimate of drug-likeness (QED) is 0.868. The number of allylic oxidation sites excluding steroid dienone is 2. The van der Waals surface area contributed by atoms with E-state index in [0.717, 1.165) is 0 Å². The number of furan rings is 1. The van der Waals surface area contributed by atoms with Gasteiger partial charge in [0.05, 0.1) is 17.7 Å². The van der Waals surface area contributed by atoms with Crippen LogP contribution in [0.25, 0.3) is 6.08 Å². The highest BCUT2D eigenvalue weighted by Crippen LogP contribution is 2.29. The molecule has 2 N–H and O–H groups in total. The lowest BCUT2D eigenvalue weighted by Gasteiger charge is -1.98. The summed E-state index contributed by atoms with van der Waals surface area (Å²) >= 11 is 1.22. The second kappa shape index (κ2) is 5.59. The summed E-state index contributed by atoms with van der Waals surface area (Å²) in [5.41, 5.74) is 0. The Morgan fingerprint density at radius 1 is 1.61 bits per heavy atom. The summed E-state index contributed by atoms with van der Waals surface area (Å²) < 4.78 is 5.11. The number of rotatable bonds is 4. The van der Waals surface area contributed by atoms with Crippen molar-refractivity contribution in [2.75, 3.05) is 0 Å². The molecule has 1 fully saturated rings. The molecule has 1 aromatic rings. The maximum absolute atomic E-state index is 11.4. The molecule has 1 saturated heterocycles. The third-order valence-electron chi connectivity index (χ3n) is 2.22. The van der Waals surface area contributed by atoms with Crippen LogP contribution in [0.3, 0.4) is 0 Å². The number of amides is 1. The van der Waals surface area contributed by atoms with Crippen LogP contribution in [0.5, 0.6) is 0 Å². The van der Waals surface area contributed by atoms with E-state index in [4.69, 9.17) is 9.52 Å². The molecule has 2 heterocycles. The van der Waals surface area contributed by atoms with Gasteiger partial charge in [0.1, 0.15) is 11.0 Å². The fourth-order valence-electron chi connectivity index (χ4n) is 1.43. The summed E-state index contributed by atoms with van der Waals surface area (Å²) in [6.45, 7) is 0. The first-order valence-electron chi connectivity index (χ1n) is 5.26. The maximum Gasteiger partial charge on any atom is 0.305 e. The zero-order valence-corrected chi connectivity index (χ0v) is 10.1. The van der Waals surface area contributed by atoms with Crippen molar-refractivity contribution < 1.29 is 19.1 Å². The van der Waals surface area contributed by atoms with Crippen LogP contribution in [0.1, 0.15) is 12.2 Å². The first-order valence-corrected chi connectivity index (χ1v) is 6.14. The standard InChI is InChI=1S/C12H11NO4S/c14-11(15)7-9-12(16)13-10(18-9)5-1-3-8-4-2-6-17-8/h1-6,9H,7H2,(H,13,16)(H,14,15)/b3-1-,10-5+. The molecular weight excluding hydrogens is 254 g/mol. The van der Waals surface area contributed by atoms with Crippen molar-refractivity contribution in [3.05, 3.63) is 41.3 Å². The summed E-state index contributed by atoms with van der Waals surface area (Å²) in [7, 11) is 0. The zero-order valence-electron chi connectivity index (χ0n) is 9.33. The SMILES string of the molecule is O=C(O)CC1S/C(=C/C=C\c2ccco2)NC1=O. The molecule has 1 unspecified atom stereocenters. The van der Waals surface area contributed by atoms with Crippen LogP contribution in [-0.4, -0.2) is 22.2 Å². The van der Waals surface area contributed by atoms with Gasteiger partial charge in [-0.05, 0) is 24.3 Å². The number of aliphatic carboxylic acids is 1. The highest BCUT2D eigenvalue weighted by atomic mass is 32.2. The molecule has 1 aromatic heterocycles. The first-order chi connectivity index (χ1) is 8.65. The van der Waals surface area contributed by atoms with Crippen LogP contribution in [0.15, 0.2) is 40.0 Å². The fourth-order valence-corrected chi connectivity index (χ4v) is 2.44. The van der Waals surface area contributed by atoms with Crippen molar-refractivity contribution in [1.82, 2.24) is 5.32 Å². The molecule has 5 nitrogen and oxygen atoms in total. The summed E-state index contributed by atoms with van der Waals surface area (Å²) in [6, 6.07) is 3.59. The molecule has 0 radical (unpaired) electrons. The molecule has 18 heavy (non-hydrogen) atoms. The van der Waals surface area contributed by atoms with E-state index in [1.165, 1.54) is 11.8 Å². The summed E-state index contributed by atoms with van der Waals surface area (Å²) in [5, 5.41) is 11.4. The van der Waals surface area contributed by atoms with Gasteiger partial charge in [0.2, 0.25) is 5.91 Å². The lowest BCUT2D eigenvalue weighted by molar-refractivity contribution is -0.138. The van der Waals surface area contributed by atoms with E-state index in [9.17, 15) is 9.59 Å². The fraction of sp³-hybridized carbons (Fsp3) is 0.167. The van der Waals surface area contributed by atoms with E-state index in [0.29, 0.717) is 10.8 Å². The van der Waals surface area contributed by atoms with Gasteiger partial charge in [-0.1, -0.05) is 17.8 Å². The van der Waals surface area contributed by atoms with Crippen LogP contribution >= 0.6 is 11.8 Å². The average molecular weight is 265 g/mol. The molecule has 1 aliphatic rings. The highest BCUT2D eigenvalue weighted by Gasteiger charge is 2.30. The molecule has 1 aliphatic heterocycles. The number of nitrogens with one attached hydrogen (secondary N) is 1. The number of carboxylic acid groups (broad SMARTS) is 1. The first kappa shape index (κ1) is 12.5. The van der Waals surface area contributed by atoms with E-state index < -0.39 is 11.2 Å². The Labute approximate surface area is 108 Å². The second-order valence-electron chi connectivity index (χ2n) is 3.60. The second-order valence-corrected chi connectivity index (χ2v) is 4.84. The van der Waals surface area contributed by atoms with Crippen LogP contribution in [0, 0.1) is 0 Å². The van der Waals surface area contributed by atoms with Gasteiger partial charge < -0.3 is 14.8 Å². The molecule has 2 rings (SSSR count). The number of carbonyl (C=O) groups is 2. The molecular formula is C12H11NO4S. The van der Waals surface area contributed by atoms with E-state index >= 15 is 0 Å². The van der Waals surface area contributed by atoms with Gasteiger partial charge in [-0.25, -0.2) is 0 Å². The van der Waals surface area contributed by atoms with Crippen molar-refractivity contribution in [2.45, 2.75) is 11.7 Å². The Bertz CT molecular complexity index is 504. The molecule has 0 aliphatic carbocycles. The van der Waals surface area contributed by atoms with Crippen molar-refractivity contribution in [2.24, 2.45) is 0 Å². The van der Waals surface area contributed by atoms with Crippen molar-refractivity contribution in [3.63, 3.8) is 0 Å². The molecule has 94 valence electrons. The Balaban J connectivity index is 1.95.